The Bertz CT molecular complexity index is 1000. The highest BCUT2D eigenvalue weighted by Crippen LogP contribution is 2.39. The number of fused-ring (bicyclic) bond motifs is 1. The Morgan fingerprint density at radius 3 is 2.64 bits per heavy atom. The van der Waals surface area contributed by atoms with Crippen LogP contribution in [0.2, 0.25) is 0 Å². The Kier molecular flexibility index (Phi) is 5.11. The van der Waals surface area contributed by atoms with E-state index in [0.29, 0.717) is 43.9 Å². The summed E-state index contributed by atoms with van der Waals surface area (Å²) in [4.78, 5) is 21.6. The number of hydrogen-bond acceptors (Lipinski definition) is 7. The van der Waals surface area contributed by atoms with Crippen LogP contribution in [0.5, 0.6) is 0 Å². The molecule has 2 aromatic heterocycles. The van der Waals surface area contributed by atoms with Gasteiger partial charge in [-0.3, -0.25) is 9.36 Å². The number of aromatic nitrogens is 3. The number of hydrogen-bond donors (Lipinski definition) is 3. The van der Waals surface area contributed by atoms with Crippen LogP contribution in [0.4, 0.5) is 5.95 Å². The molecule has 2 fully saturated rings. The van der Waals surface area contributed by atoms with Crippen molar-refractivity contribution in [1.82, 2.24) is 18.8 Å². The Hall–Kier alpha value is -2.04. The molecule has 152 valence electrons. The van der Waals surface area contributed by atoms with Crippen molar-refractivity contribution in [2.75, 3.05) is 18.4 Å². The summed E-state index contributed by atoms with van der Waals surface area (Å²) < 4.78 is 25.2. The highest BCUT2D eigenvalue weighted by Gasteiger charge is 2.39. The first-order valence-electron chi connectivity index (χ1n) is 9.61. The average Bonchev–Trinajstić information content (AvgIpc) is 3.01. The summed E-state index contributed by atoms with van der Waals surface area (Å²) >= 11 is 0. The number of thiol groups is 1. The van der Waals surface area contributed by atoms with Crippen molar-refractivity contribution >= 4 is 27.9 Å². The van der Waals surface area contributed by atoms with Crippen LogP contribution in [0.25, 0.3) is 11.0 Å². The standard InChI is InChI=1S/C18H25N5O4S/c1-18(25)8-2-3-14(18)23-15(24)5-4-12-11-19-17(21-16(12)23)20-13-6-9-22(10-7-13)28(26)27/h4-5,11,13-14,25,28H,2-3,6-10H2,1H3,(H,19,20,21)/t14-,18-/m0/s1. The second-order valence-electron chi connectivity index (χ2n) is 7.89. The van der Waals surface area contributed by atoms with Gasteiger partial charge < -0.3 is 10.4 Å². The largest absolute Gasteiger partial charge is 0.388 e. The molecule has 0 bridgehead atoms. The van der Waals surface area contributed by atoms with Gasteiger partial charge in [0.05, 0.1) is 11.6 Å². The second-order valence-corrected chi connectivity index (χ2v) is 8.93. The van der Waals surface area contributed by atoms with Gasteiger partial charge in [0, 0.05) is 36.8 Å². The van der Waals surface area contributed by atoms with E-state index in [1.54, 1.807) is 23.8 Å². The summed E-state index contributed by atoms with van der Waals surface area (Å²) in [5, 5.41) is 14.7. The lowest BCUT2D eigenvalue weighted by atomic mass is 10.00. The van der Waals surface area contributed by atoms with Crippen molar-refractivity contribution in [3.63, 3.8) is 0 Å². The van der Waals surface area contributed by atoms with Crippen molar-refractivity contribution in [2.24, 2.45) is 0 Å². The molecule has 10 heteroatoms. The van der Waals surface area contributed by atoms with E-state index in [4.69, 9.17) is 0 Å². The Balaban J connectivity index is 1.63. The van der Waals surface area contributed by atoms with Gasteiger partial charge in [-0.1, -0.05) is 0 Å². The van der Waals surface area contributed by atoms with Gasteiger partial charge in [-0.05, 0) is 45.1 Å². The zero-order chi connectivity index (χ0) is 19.9. The molecule has 1 aliphatic heterocycles. The van der Waals surface area contributed by atoms with Crippen LogP contribution in [0.3, 0.4) is 0 Å². The first-order valence-corrected chi connectivity index (χ1v) is 10.7. The minimum absolute atomic E-state index is 0.0714. The van der Waals surface area contributed by atoms with E-state index in [0.717, 1.165) is 18.2 Å². The molecule has 2 atom stereocenters. The lowest BCUT2D eigenvalue weighted by molar-refractivity contribution is 0.0267. The maximum Gasteiger partial charge on any atom is 0.252 e. The third kappa shape index (κ3) is 3.63. The topological polar surface area (TPSA) is 117 Å². The molecule has 4 rings (SSSR count). The Labute approximate surface area is 164 Å². The van der Waals surface area contributed by atoms with Crippen molar-refractivity contribution in [3.05, 3.63) is 28.7 Å². The Morgan fingerprint density at radius 1 is 1.25 bits per heavy atom. The average molecular weight is 407 g/mol. The summed E-state index contributed by atoms with van der Waals surface area (Å²) in [7, 11) is -2.53. The zero-order valence-electron chi connectivity index (χ0n) is 15.7. The fourth-order valence-electron chi connectivity index (χ4n) is 4.30. The molecule has 2 aromatic rings. The highest BCUT2D eigenvalue weighted by atomic mass is 32.2. The fourth-order valence-corrected chi connectivity index (χ4v) is 4.86. The van der Waals surface area contributed by atoms with Crippen LogP contribution in [0.15, 0.2) is 23.1 Å². The van der Waals surface area contributed by atoms with Crippen LogP contribution < -0.4 is 10.9 Å². The van der Waals surface area contributed by atoms with Crippen LogP contribution in [-0.4, -0.2) is 57.1 Å². The number of piperidine rings is 1. The molecule has 1 saturated heterocycles. The molecule has 0 spiro atoms. The predicted octanol–water partition coefficient (Wildman–Crippen LogP) is 0.670. The second kappa shape index (κ2) is 7.41. The zero-order valence-corrected chi connectivity index (χ0v) is 16.6. The van der Waals surface area contributed by atoms with Gasteiger partial charge >= 0.3 is 0 Å². The molecule has 0 amide bonds. The van der Waals surface area contributed by atoms with E-state index in [-0.39, 0.29) is 17.6 Å². The minimum Gasteiger partial charge on any atom is -0.388 e. The normalized spacial score (nSPS) is 26.9. The van der Waals surface area contributed by atoms with Gasteiger partial charge in [0.15, 0.2) is 0 Å². The maximum atomic E-state index is 12.6. The summed E-state index contributed by atoms with van der Waals surface area (Å²) in [5.41, 5.74) is -0.618. The Morgan fingerprint density at radius 2 is 2.00 bits per heavy atom. The number of nitrogens with zero attached hydrogens (tertiary/aromatic N) is 4. The summed E-state index contributed by atoms with van der Waals surface area (Å²) in [6, 6.07) is 2.95. The molecule has 28 heavy (non-hydrogen) atoms. The van der Waals surface area contributed by atoms with Crippen LogP contribution in [0.1, 0.15) is 45.1 Å². The predicted molar refractivity (Wildman–Crippen MR) is 106 cm³/mol. The molecule has 0 unspecified atom stereocenters. The van der Waals surface area contributed by atoms with Gasteiger partial charge in [0.1, 0.15) is 5.65 Å². The van der Waals surface area contributed by atoms with E-state index < -0.39 is 16.5 Å². The third-order valence-corrected chi connectivity index (χ3v) is 6.75. The van der Waals surface area contributed by atoms with Gasteiger partial charge in [0.25, 0.3) is 5.56 Å². The fraction of sp³-hybridized carbons (Fsp3) is 0.611. The van der Waals surface area contributed by atoms with Gasteiger partial charge in [-0.15, -0.1) is 0 Å². The summed E-state index contributed by atoms with van der Waals surface area (Å²) in [5.74, 6) is 0.412. The van der Waals surface area contributed by atoms with Crippen LogP contribution in [-0.2, 0) is 10.9 Å². The number of rotatable bonds is 4. The van der Waals surface area contributed by atoms with Crippen molar-refractivity contribution in [2.45, 2.75) is 56.7 Å². The van der Waals surface area contributed by atoms with Gasteiger partial charge in [-0.2, -0.15) is 4.98 Å². The summed E-state index contributed by atoms with van der Waals surface area (Å²) in [6.07, 6.45) is 5.25. The maximum absolute atomic E-state index is 12.6. The molecular weight excluding hydrogens is 382 g/mol. The van der Waals surface area contributed by atoms with E-state index in [1.165, 1.54) is 10.4 Å². The van der Waals surface area contributed by atoms with Gasteiger partial charge in [-0.25, -0.2) is 17.7 Å². The minimum atomic E-state index is -2.53. The van der Waals surface area contributed by atoms with E-state index >= 15 is 0 Å². The van der Waals surface area contributed by atoms with Crippen LogP contribution >= 0.6 is 0 Å². The molecule has 2 aliphatic rings. The number of aliphatic hydroxyl groups is 1. The third-order valence-electron chi connectivity index (χ3n) is 5.89. The highest BCUT2D eigenvalue weighted by molar-refractivity contribution is 7.69. The number of anilines is 1. The molecular formula is C18H25N5O4S. The van der Waals surface area contributed by atoms with E-state index in [9.17, 15) is 18.3 Å². The molecule has 9 nitrogen and oxygen atoms in total. The SMILES string of the molecule is C[C@]1(O)CCC[C@@H]1n1c(=O)ccc2cnc(NC3CCN([SH](=O)=O)CC3)nc21. The van der Waals surface area contributed by atoms with Crippen LogP contribution in [0, 0.1) is 0 Å². The van der Waals surface area contributed by atoms with E-state index in [1.807, 2.05) is 0 Å². The summed E-state index contributed by atoms with van der Waals surface area (Å²) in [6.45, 7) is 2.71. The van der Waals surface area contributed by atoms with Crippen molar-refractivity contribution in [1.29, 1.82) is 0 Å². The van der Waals surface area contributed by atoms with Crippen molar-refractivity contribution in [3.8, 4) is 0 Å². The quantitative estimate of drug-likeness (QED) is 0.638. The van der Waals surface area contributed by atoms with E-state index in [2.05, 4.69) is 15.3 Å². The smallest absolute Gasteiger partial charge is 0.252 e. The lowest BCUT2D eigenvalue weighted by Gasteiger charge is -2.29. The molecule has 1 aliphatic carbocycles. The van der Waals surface area contributed by atoms with Crippen molar-refractivity contribution < 1.29 is 13.5 Å². The molecule has 1 saturated carbocycles. The molecule has 0 radical (unpaired) electrons. The molecule has 3 heterocycles. The first kappa shape index (κ1) is 19.3. The molecule has 0 aromatic carbocycles. The number of pyridine rings is 1. The number of nitrogens with one attached hydrogen (secondary N) is 1. The molecule has 2 N–H and O–H groups in total. The monoisotopic (exact) mass is 407 g/mol. The first-order chi connectivity index (χ1) is 13.3. The lowest BCUT2D eigenvalue weighted by Crippen LogP contribution is -2.39. The van der Waals surface area contributed by atoms with Gasteiger partial charge in [0.2, 0.25) is 16.8 Å².